The molecule has 0 radical (unpaired) electrons. The fourth-order valence-electron chi connectivity index (χ4n) is 2.53. The molecule has 1 aromatic heterocycles. The Labute approximate surface area is 143 Å². The minimum Gasteiger partial charge on any atom is -0.805 e. The van der Waals surface area contributed by atoms with Crippen LogP contribution in [0.15, 0.2) is 54.6 Å². The van der Waals surface area contributed by atoms with Gasteiger partial charge in [0.05, 0.1) is 11.0 Å². The maximum Gasteiger partial charge on any atom is 0.411 e. The van der Waals surface area contributed by atoms with Crippen LogP contribution in [0, 0.1) is 10.1 Å². The Balaban J connectivity index is 2.26. The number of hydrogen-bond donors (Lipinski definition) is 0. The number of esters is 1. The molecule has 3 aromatic rings. The zero-order valence-electron chi connectivity index (χ0n) is 13.6. The largest absolute Gasteiger partial charge is 0.805 e. The molecule has 3 rings (SSSR count). The van der Waals surface area contributed by atoms with E-state index in [4.69, 9.17) is 4.74 Å². The highest BCUT2D eigenvalue weighted by Gasteiger charge is 2.29. The van der Waals surface area contributed by atoms with E-state index in [0.717, 1.165) is 5.56 Å². The molecule has 25 heavy (non-hydrogen) atoms. The van der Waals surface area contributed by atoms with Crippen molar-refractivity contribution in [1.82, 2.24) is 4.73 Å². The first-order valence-corrected chi connectivity index (χ1v) is 7.81. The van der Waals surface area contributed by atoms with Crippen LogP contribution in [0.2, 0.25) is 0 Å². The standard InChI is InChI=1S/C19H16N2O4/c1-2-25-19(22)18-17(13-12-14-8-4-3-5-9-14)20(23)15-10-6-7-11-16(15)21(18)24/h3-13H,2H2,1H3/b13-12+. The van der Waals surface area contributed by atoms with Crippen molar-refractivity contribution in [3.05, 3.63) is 81.7 Å². The molecule has 0 atom stereocenters. The number of rotatable bonds is 4. The number of para-hydroxylation sites is 2. The first kappa shape index (κ1) is 16.4. The molecule has 0 amide bonds. The van der Waals surface area contributed by atoms with Gasteiger partial charge in [0.1, 0.15) is 11.2 Å². The summed E-state index contributed by atoms with van der Waals surface area (Å²) >= 11 is 0. The van der Waals surface area contributed by atoms with Crippen LogP contribution in [0.3, 0.4) is 0 Å². The van der Waals surface area contributed by atoms with Crippen molar-refractivity contribution >= 4 is 29.2 Å². The molecule has 0 unspecified atom stereocenters. The average molecular weight is 336 g/mol. The number of aromatic nitrogens is 2. The molecular formula is C19H16N2O4. The summed E-state index contributed by atoms with van der Waals surface area (Å²) in [6, 6.07) is 15.6. The van der Waals surface area contributed by atoms with Gasteiger partial charge >= 0.3 is 11.7 Å². The highest BCUT2D eigenvalue weighted by atomic mass is 16.5. The van der Waals surface area contributed by atoms with Gasteiger partial charge < -0.3 is 14.7 Å². The molecule has 0 saturated heterocycles. The quantitative estimate of drug-likeness (QED) is 0.541. The summed E-state index contributed by atoms with van der Waals surface area (Å²) in [5.74, 6) is -0.833. The van der Waals surface area contributed by atoms with E-state index in [2.05, 4.69) is 0 Å². The number of nitrogens with zero attached hydrogens (tertiary/aromatic N) is 2. The van der Waals surface area contributed by atoms with Gasteiger partial charge in [-0.05, 0) is 24.6 Å². The number of carbonyl (C=O) groups excluding carboxylic acids is 1. The van der Waals surface area contributed by atoms with E-state index in [9.17, 15) is 14.9 Å². The third-order valence-corrected chi connectivity index (χ3v) is 3.69. The molecule has 1 heterocycles. The average Bonchev–Trinajstić information content (AvgIpc) is 2.64. The zero-order chi connectivity index (χ0) is 17.8. The lowest BCUT2D eigenvalue weighted by Gasteiger charge is -2.16. The molecule has 0 saturated carbocycles. The topological polar surface area (TPSA) is 77.3 Å². The van der Waals surface area contributed by atoms with Crippen LogP contribution in [0.5, 0.6) is 0 Å². The lowest BCUT2D eigenvalue weighted by atomic mass is 10.1. The van der Waals surface area contributed by atoms with Crippen LogP contribution >= 0.6 is 0 Å². The van der Waals surface area contributed by atoms with Gasteiger partial charge in [-0.25, -0.2) is 4.79 Å². The third kappa shape index (κ3) is 3.14. The Hall–Kier alpha value is -3.41. The highest BCUT2D eigenvalue weighted by molar-refractivity contribution is 5.92. The summed E-state index contributed by atoms with van der Waals surface area (Å²) in [6.07, 6.45) is 3.12. The second-order valence-corrected chi connectivity index (χ2v) is 5.28. The SMILES string of the molecule is CCOC(=O)c1c(/C=C/c2ccccc2)n([O-])c2ccccc2[n+]1=O. The molecule has 0 fully saturated rings. The maximum atomic E-state index is 12.7. The van der Waals surface area contributed by atoms with Gasteiger partial charge in [0.15, 0.2) is 0 Å². The van der Waals surface area contributed by atoms with Crippen LogP contribution in [-0.2, 0) is 4.74 Å². The molecule has 0 bridgehead atoms. The Morgan fingerprint density at radius 2 is 1.80 bits per heavy atom. The molecule has 6 heteroatoms. The van der Waals surface area contributed by atoms with E-state index in [1.165, 1.54) is 18.2 Å². The summed E-state index contributed by atoms with van der Waals surface area (Å²) < 4.78 is 5.99. The lowest BCUT2D eigenvalue weighted by molar-refractivity contribution is -0.469. The highest BCUT2D eigenvalue weighted by Crippen LogP contribution is 2.17. The van der Waals surface area contributed by atoms with Crippen molar-refractivity contribution in [1.29, 1.82) is 0 Å². The van der Waals surface area contributed by atoms with Gasteiger partial charge in [-0.2, -0.15) is 0 Å². The van der Waals surface area contributed by atoms with E-state index >= 15 is 0 Å². The van der Waals surface area contributed by atoms with Crippen LogP contribution in [0.1, 0.15) is 28.7 Å². The second kappa shape index (κ2) is 7.00. The van der Waals surface area contributed by atoms with Crippen LogP contribution in [-0.4, -0.2) is 17.3 Å². The zero-order valence-corrected chi connectivity index (χ0v) is 13.6. The number of hydrogen-bond acceptors (Lipinski definition) is 4. The maximum absolute atomic E-state index is 12.7. The van der Waals surface area contributed by atoms with Crippen LogP contribution in [0.25, 0.3) is 23.2 Å². The molecule has 0 aliphatic heterocycles. The van der Waals surface area contributed by atoms with Crippen LogP contribution < -0.4 is 4.43 Å². The monoisotopic (exact) mass is 336 g/mol. The van der Waals surface area contributed by atoms with Crippen molar-refractivity contribution in [3.63, 3.8) is 0 Å². The van der Waals surface area contributed by atoms with E-state index in [1.807, 2.05) is 30.3 Å². The lowest BCUT2D eigenvalue weighted by Crippen LogP contribution is -2.31. The third-order valence-electron chi connectivity index (χ3n) is 3.69. The fourth-order valence-corrected chi connectivity index (χ4v) is 2.53. The summed E-state index contributed by atoms with van der Waals surface area (Å²) in [5.41, 5.74) is 0.734. The van der Waals surface area contributed by atoms with E-state index in [0.29, 0.717) is 9.16 Å². The van der Waals surface area contributed by atoms with Crippen molar-refractivity contribution in [2.45, 2.75) is 6.92 Å². The first-order valence-electron chi connectivity index (χ1n) is 7.81. The van der Waals surface area contributed by atoms with Crippen molar-refractivity contribution < 1.29 is 14.0 Å². The number of carbonyl (C=O) groups is 1. The Morgan fingerprint density at radius 1 is 1.12 bits per heavy atom. The first-order chi connectivity index (χ1) is 12.1. The van der Waals surface area contributed by atoms with E-state index < -0.39 is 5.97 Å². The Bertz CT molecular complexity index is 1010. The molecule has 6 nitrogen and oxygen atoms in total. The normalized spacial score (nSPS) is 11.1. The molecular weight excluding hydrogens is 320 g/mol. The second-order valence-electron chi connectivity index (χ2n) is 5.28. The van der Waals surface area contributed by atoms with Crippen LogP contribution in [0.4, 0.5) is 0 Å². The predicted molar refractivity (Wildman–Crippen MR) is 95.4 cm³/mol. The number of ether oxygens (including phenoxy) is 1. The fraction of sp³-hybridized carbons (Fsp3) is 0.105. The summed E-state index contributed by atoms with van der Waals surface area (Å²) in [7, 11) is 0. The van der Waals surface area contributed by atoms with E-state index in [-0.39, 0.29) is 29.0 Å². The molecule has 0 N–H and O–H groups in total. The van der Waals surface area contributed by atoms with Gasteiger partial charge in [-0.3, -0.25) is 0 Å². The van der Waals surface area contributed by atoms with Gasteiger partial charge in [-0.15, -0.1) is 0 Å². The summed E-state index contributed by atoms with van der Waals surface area (Å²) in [4.78, 5) is 24.9. The minimum atomic E-state index is -0.833. The van der Waals surface area contributed by atoms with Gasteiger partial charge in [0.2, 0.25) is 0 Å². The molecule has 0 aliphatic carbocycles. The smallest absolute Gasteiger partial charge is 0.411 e. The van der Waals surface area contributed by atoms with E-state index in [1.54, 1.807) is 25.1 Å². The van der Waals surface area contributed by atoms with Gasteiger partial charge in [0, 0.05) is 11.0 Å². The number of fused-ring (bicyclic) bond motifs is 1. The Morgan fingerprint density at radius 3 is 2.52 bits per heavy atom. The van der Waals surface area contributed by atoms with Gasteiger partial charge in [0.25, 0.3) is 5.52 Å². The van der Waals surface area contributed by atoms with Gasteiger partial charge in [-0.1, -0.05) is 48.5 Å². The molecule has 0 aliphatic rings. The predicted octanol–water partition coefficient (Wildman–Crippen LogP) is 3.25. The summed E-state index contributed by atoms with van der Waals surface area (Å²) in [5, 5.41) is 12.7. The van der Waals surface area contributed by atoms with Crippen molar-refractivity contribution in [2.24, 2.45) is 0 Å². The molecule has 126 valence electrons. The Kier molecular flexibility index (Phi) is 4.61. The molecule has 2 aromatic carbocycles. The van der Waals surface area contributed by atoms with Crippen molar-refractivity contribution in [3.8, 4) is 0 Å². The van der Waals surface area contributed by atoms with Crippen molar-refractivity contribution in [2.75, 3.05) is 6.61 Å². The minimum absolute atomic E-state index is 0.0593. The molecule has 0 spiro atoms. The number of benzene rings is 2. The summed E-state index contributed by atoms with van der Waals surface area (Å²) in [6.45, 7) is 1.74.